The number of thiophene rings is 1. The molecular weight excluding hydrogens is 489 g/mol. The number of carbonyl (C=O) groups is 2. The number of carbonyl (C=O) groups excluding carboxylic acids is 1. The zero-order valence-corrected chi connectivity index (χ0v) is 19.8. The van der Waals surface area contributed by atoms with Gasteiger partial charge in [0.25, 0.3) is 5.91 Å². The first-order valence-corrected chi connectivity index (χ1v) is 10.8. The van der Waals surface area contributed by atoms with E-state index >= 15 is 0 Å². The van der Waals surface area contributed by atoms with E-state index in [1.165, 1.54) is 24.0 Å². The van der Waals surface area contributed by atoms with Gasteiger partial charge in [-0.2, -0.15) is 23.1 Å². The summed E-state index contributed by atoms with van der Waals surface area (Å²) in [4.78, 5) is 30.9. The Morgan fingerprint density at radius 1 is 1.06 bits per heavy atom. The van der Waals surface area contributed by atoms with Crippen LogP contribution in [0.25, 0.3) is 10.6 Å². The smallest absolute Gasteiger partial charge is 0.490 e. The van der Waals surface area contributed by atoms with Crippen molar-refractivity contribution >= 4 is 29.0 Å². The second-order valence-corrected chi connectivity index (χ2v) is 7.78. The van der Waals surface area contributed by atoms with E-state index in [4.69, 9.17) is 19.4 Å². The number of rotatable bonds is 8. The molecule has 3 aromatic rings. The Kier molecular flexibility index (Phi) is 9.82. The number of anilines is 1. The molecule has 3 rings (SSSR count). The quantitative estimate of drug-likeness (QED) is 0.416. The van der Waals surface area contributed by atoms with Gasteiger partial charge < -0.3 is 25.2 Å². The van der Waals surface area contributed by atoms with Gasteiger partial charge in [0.2, 0.25) is 0 Å². The van der Waals surface area contributed by atoms with Gasteiger partial charge in [-0.25, -0.2) is 4.79 Å². The molecule has 0 fully saturated rings. The van der Waals surface area contributed by atoms with Crippen molar-refractivity contribution in [2.24, 2.45) is 0 Å². The van der Waals surface area contributed by atoms with Crippen LogP contribution in [0, 0.1) is 0 Å². The first-order chi connectivity index (χ1) is 16.6. The van der Waals surface area contributed by atoms with Crippen molar-refractivity contribution in [2.45, 2.75) is 12.6 Å². The van der Waals surface area contributed by atoms with E-state index in [1.54, 1.807) is 20.2 Å². The summed E-state index contributed by atoms with van der Waals surface area (Å²) in [6, 6.07) is 13.8. The number of methoxy groups -OCH3 is 2. The molecule has 2 heterocycles. The number of aliphatic carboxylic acids is 1. The zero-order chi connectivity index (χ0) is 26.0. The van der Waals surface area contributed by atoms with Gasteiger partial charge in [0, 0.05) is 19.7 Å². The maximum atomic E-state index is 11.8. The third kappa shape index (κ3) is 8.45. The molecule has 0 aliphatic heterocycles. The van der Waals surface area contributed by atoms with Crippen LogP contribution in [-0.2, 0) is 11.2 Å². The number of nitrogens with zero attached hydrogens (tertiary/aromatic N) is 2. The summed E-state index contributed by atoms with van der Waals surface area (Å²) in [7, 11) is 4.80. The minimum absolute atomic E-state index is 0.116. The lowest BCUT2D eigenvalue weighted by Crippen LogP contribution is -2.21. The monoisotopic (exact) mass is 512 g/mol. The lowest BCUT2D eigenvalue weighted by molar-refractivity contribution is -0.192. The van der Waals surface area contributed by atoms with Gasteiger partial charge in [-0.15, -0.1) is 11.3 Å². The summed E-state index contributed by atoms with van der Waals surface area (Å²) in [6.45, 7) is 0.708. The normalized spacial score (nSPS) is 10.6. The molecule has 0 bridgehead atoms. The summed E-state index contributed by atoms with van der Waals surface area (Å²) in [5, 5.41) is 13.1. The molecule has 3 N–H and O–H groups in total. The van der Waals surface area contributed by atoms with Crippen molar-refractivity contribution in [2.75, 3.05) is 33.1 Å². The summed E-state index contributed by atoms with van der Waals surface area (Å²) in [5.74, 6) is -1.36. The Morgan fingerprint density at radius 2 is 1.71 bits per heavy atom. The highest BCUT2D eigenvalue weighted by molar-refractivity contribution is 7.17. The van der Waals surface area contributed by atoms with Crippen molar-refractivity contribution in [3.63, 3.8) is 0 Å². The Hall–Kier alpha value is -3.87. The average Bonchev–Trinajstić information content (AvgIpc) is 3.34. The van der Waals surface area contributed by atoms with E-state index in [0.717, 1.165) is 17.0 Å². The molecule has 9 nitrogen and oxygen atoms in total. The number of carboxylic acids is 1. The highest BCUT2D eigenvalue weighted by Crippen LogP contribution is 2.29. The molecule has 2 aromatic heterocycles. The molecule has 0 aliphatic carbocycles. The topological polar surface area (TPSA) is 123 Å². The standard InChI is InChI=1S/C20H22N4O3S.C2HF3O2/c1-21-19(25)17-9-8-16(28-17)15-12-18(24-20(23-15)27-3)22-11-10-13-4-6-14(26-2)7-5-13;3-2(4,5)1(6)7/h4-9,12H,10-11H2,1-3H3,(H,21,25)(H,22,23,24);(H,6,7). The molecular formula is C22H23F3N4O5S. The van der Waals surface area contributed by atoms with Crippen molar-refractivity contribution in [3.8, 4) is 22.3 Å². The number of nitrogens with one attached hydrogen (secondary N) is 2. The second-order valence-electron chi connectivity index (χ2n) is 6.70. The molecule has 0 spiro atoms. The van der Waals surface area contributed by atoms with Gasteiger partial charge >= 0.3 is 18.2 Å². The SMILES string of the molecule is CNC(=O)c1ccc(-c2cc(NCCc3ccc(OC)cc3)nc(OC)n2)s1.O=C(O)C(F)(F)F. The summed E-state index contributed by atoms with van der Waals surface area (Å²) in [5.41, 5.74) is 1.90. The van der Waals surface area contributed by atoms with Gasteiger partial charge in [-0.3, -0.25) is 4.79 Å². The van der Waals surface area contributed by atoms with Crippen LogP contribution in [-0.4, -0.2) is 60.9 Å². The number of ether oxygens (including phenoxy) is 2. The average molecular weight is 513 g/mol. The molecule has 35 heavy (non-hydrogen) atoms. The third-order valence-corrected chi connectivity index (χ3v) is 5.43. The number of benzene rings is 1. The summed E-state index contributed by atoms with van der Waals surface area (Å²) < 4.78 is 42.1. The molecule has 0 atom stereocenters. The van der Waals surface area contributed by atoms with E-state index in [-0.39, 0.29) is 11.9 Å². The van der Waals surface area contributed by atoms with Gasteiger partial charge in [0.1, 0.15) is 11.6 Å². The molecule has 0 radical (unpaired) electrons. The van der Waals surface area contributed by atoms with E-state index < -0.39 is 12.1 Å². The Bertz CT molecular complexity index is 1140. The number of amides is 1. The third-order valence-electron chi connectivity index (χ3n) is 4.32. The molecule has 0 saturated heterocycles. The number of halogens is 3. The zero-order valence-electron chi connectivity index (χ0n) is 19.0. The van der Waals surface area contributed by atoms with Crippen LogP contribution in [0.2, 0.25) is 0 Å². The molecule has 1 aromatic carbocycles. The first kappa shape index (κ1) is 27.4. The van der Waals surface area contributed by atoms with E-state index in [0.29, 0.717) is 22.9 Å². The molecule has 0 unspecified atom stereocenters. The van der Waals surface area contributed by atoms with Gasteiger partial charge in [-0.1, -0.05) is 12.1 Å². The number of aromatic nitrogens is 2. The Morgan fingerprint density at radius 3 is 2.26 bits per heavy atom. The van der Waals surface area contributed by atoms with Gasteiger partial charge in [0.05, 0.1) is 29.7 Å². The maximum absolute atomic E-state index is 11.8. The first-order valence-electron chi connectivity index (χ1n) is 9.99. The number of alkyl halides is 3. The Labute approximate surface area is 202 Å². The van der Waals surface area contributed by atoms with Crippen LogP contribution in [0.3, 0.4) is 0 Å². The van der Waals surface area contributed by atoms with Crippen LogP contribution in [0.15, 0.2) is 42.5 Å². The fourth-order valence-corrected chi connectivity index (χ4v) is 3.49. The fraction of sp³-hybridized carbons (Fsp3) is 0.273. The van der Waals surface area contributed by atoms with Crippen molar-refractivity contribution in [1.29, 1.82) is 0 Å². The highest BCUT2D eigenvalue weighted by atomic mass is 32.1. The largest absolute Gasteiger partial charge is 0.497 e. The van der Waals surface area contributed by atoms with Crippen LogP contribution >= 0.6 is 11.3 Å². The highest BCUT2D eigenvalue weighted by Gasteiger charge is 2.38. The maximum Gasteiger partial charge on any atom is 0.490 e. The minimum Gasteiger partial charge on any atom is -0.497 e. The number of carboxylic acid groups (broad SMARTS) is 1. The van der Waals surface area contributed by atoms with Gasteiger partial charge in [-0.05, 0) is 36.2 Å². The summed E-state index contributed by atoms with van der Waals surface area (Å²) >= 11 is 1.37. The number of hydrogen-bond donors (Lipinski definition) is 3. The molecule has 188 valence electrons. The van der Waals surface area contributed by atoms with Crippen molar-refractivity contribution in [3.05, 3.63) is 52.9 Å². The lowest BCUT2D eigenvalue weighted by Gasteiger charge is -2.09. The van der Waals surface area contributed by atoms with Crippen LogP contribution in [0.4, 0.5) is 19.0 Å². The Balaban J connectivity index is 0.000000540. The summed E-state index contributed by atoms with van der Waals surface area (Å²) in [6.07, 6.45) is -4.24. The van der Waals surface area contributed by atoms with Crippen LogP contribution in [0.1, 0.15) is 15.2 Å². The van der Waals surface area contributed by atoms with Gasteiger partial charge in [0.15, 0.2) is 0 Å². The molecule has 13 heteroatoms. The second kappa shape index (κ2) is 12.6. The fourth-order valence-electron chi connectivity index (χ4n) is 2.58. The molecule has 0 saturated carbocycles. The van der Waals surface area contributed by atoms with Crippen LogP contribution in [0.5, 0.6) is 11.8 Å². The number of hydrogen-bond acceptors (Lipinski definition) is 8. The van der Waals surface area contributed by atoms with Crippen molar-refractivity contribution < 1.29 is 37.3 Å². The minimum atomic E-state index is -5.08. The molecule has 1 amide bonds. The van der Waals surface area contributed by atoms with E-state index in [1.807, 2.05) is 36.4 Å². The van der Waals surface area contributed by atoms with E-state index in [2.05, 4.69) is 20.6 Å². The van der Waals surface area contributed by atoms with Crippen LogP contribution < -0.4 is 20.1 Å². The van der Waals surface area contributed by atoms with E-state index in [9.17, 15) is 18.0 Å². The predicted molar refractivity (Wildman–Crippen MR) is 124 cm³/mol. The lowest BCUT2D eigenvalue weighted by atomic mass is 10.1. The molecule has 0 aliphatic rings. The van der Waals surface area contributed by atoms with Crippen molar-refractivity contribution in [1.82, 2.24) is 15.3 Å². The predicted octanol–water partition coefficient (Wildman–Crippen LogP) is 3.87.